The Balaban J connectivity index is 1.39. The van der Waals surface area contributed by atoms with Gasteiger partial charge in [0.05, 0.1) is 6.54 Å². The lowest BCUT2D eigenvalue weighted by Gasteiger charge is -2.34. The van der Waals surface area contributed by atoms with Gasteiger partial charge in [0, 0.05) is 25.0 Å². The lowest BCUT2D eigenvalue weighted by molar-refractivity contribution is -0.137. The molecule has 5 heteroatoms. The first-order valence-electron chi connectivity index (χ1n) is 10.9. The second kappa shape index (κ2) is 9.72. The Labute approximate surface area is 158 Å². The maximum absolute atomic E-state index is 12.8. The third-order valence-electron chi connectivity index (χ3n) is 6.68. The molecular weight excluding hydrogens is 326 g/mol. The Hall–Kier alpha value is -1.10. The third-order valence-corrected chi connectivity index (χ3v) is 6.68. The minimum atomic E-state index is 0.168. The van der Waals surface area contributed by atoms with Gasteiger partial charge in [0.2, 0.25) is 11.8 Å². The second-order valence-corrected chi connectivity index (χ2v) is 8.73. The quantitative estimate of drug-likeness (QED) is 0.836. The molecule has 1 saturated carbocycles. The summed E-state index contributed by atoms with van der Waals surface area (Å²) >= 11 is 0. The van der Waals surface area contributed by atoms with Gasteiger partial charge in [-0.05, 0) is 57.5 Å². The Kier molecular flexibility index (Phi) is 7.35. The van der Waals surface area contributed by atoms with Crippen LogP contribution in [0.25, 0.3) is 0 Å². The van der Waals surface area contributed by atoms with E-state index in [4.69, 9.17) is 0 Å². The van der Waals surface area contributed by atoms with Crippen molar-refractivity contribution in [3.63, 3.8) is 0 Å². The lowest BCUT2D eigenvalue weighted by atomic mass is 9.86. The molecule has 0 radical (unpaired) electrons. The van der Waals surface area contributed by atoms with Gasteiger partial charge in [-0.1, -0.05) is 32.6 Å². The van der Waals surface area contributed by atoms with E-state index in [1.54, 1.807) is 0 Å². The van der Waals surface area contributed by atoms with Crippen molar-refractivity contribution in [2.75, 3.05) is 32.7 Å². The average Bonchev–Trinajstić information content (AvgIpc) is 2.93. The fourth-order valence-electron chi connectivity index (χ4n) is 4.87. The monoisotopic (exact) mass is 363 g/mol. The number of rotatable bonds is 4. The molecule has 1 N–H and O–H groups in total. The van der Waals surface area contributed by atoms with E-state index >= 15 is 0 Å². The summed E-state index contributed by atoms with van der Waals surface area (Å²) in [5, 5.41) is 3.25. The summed E-state index contributed by atoms with van der Waals surface area (Å²) in [5.74, 6) is 1.31. The van der Waals surface area contributed by atoms with E-state index in [1.807, 2.05) is 0 Å². The molecule has 0 aromatic carbocycles. The second-order valence-electron chi connectivity index (χ2n) is 8.73. The summed E-state index contributed by atoms with van der Waals surface area (Å²) in [5.41, 5.74) is 0. The zero-order valence-electron chi connectivity index (χ0n) is 16.5. The molecule has 3 fully saturated rings. The van der Waals surface area contributed by atoms with Crippen LogP contribution < -0.4 is 5.32 Å². The van der Waals surface area contributed by atoms with Gasteiger partial charge in [-0.25, -0.2) is 0 Å². The van der Waals surface area contributed by atoms with E-state index in [0.717, 1.165) is 58.3 Å². The van der Waals surface area contributed by atoms with E-state index in [-0.39, 0.29) is 11.8 Å². The summed E-state index contributed by atoms with van der Waals surface area (Å²) in [6, 6.07) is 0.360. The molecule has 0 spiro atoms. The first kappa shape index (κ1) is 19.7. The first-order valence-corrected chi connectivity index (χ1v) is 10.9. The summed E-state index contributed by atoms with van der Waals surface area (Å²) in [4.78, 5) is 29.5. The maximum atomic E-state index is 12.8. The summed E-state index contributed by atoms with van der Waals surface area (Å²) in [7, 11) is 0. The van der Waals surface area contributed by atoms with Gasteiger partial charge in [-0.3, -0.25) is 14.5 Å². The minimum Gasteiger partial charge on any atom is -0.352 e. The molecule has 0 aromatic rings. The fourth-order valence-corrected chi connectivity index (χ4v) is 4.87. The number of piperidine rings is 1. The first-order chi connectivity index (χ1) is 12.6. The molecule has 2 aliphatic heterocycles. The standard InChI is InChI=1S/C21H37N3O2/c1-17-8-4-5-9-19(17)22-20(25)16-23-14-10-18(11-15-23)21(26)24-12-6-2-3-7-13-24/h17-19H,2-16H2,1H3,(H,22,25). The summed E-state index contributed by atoms with van der Waals surface area (Å²) in [6.07, 6.45) is 11.5. The van der Waals surface area contributed by atoms with Crippen molar-refractivity contribution in [2.45, 2.75) is 77.2 Å². The predicted molar refractivity (Wildman–Crippen MR) is 104 cm³/mol. The highest BCUT2D eigenvalue weighted by atomic mass is 16.2. The molecular formula is C21H37N3O2. The molecule has 2 atom stereocenters. The van der Waals surface area contributed by atoms with Crippen LogP contribution in [0.15, 0.2) is 0 Å². The van der Waals surface area contributed by atoms with E-state index in [9.17, 15) is 9.59 Å². The van der Waals surface area contributed by atoms with Gasteiger partial charge in [0.15, 0.2) is 0 Å². The average molecular weight is 364 g/mol. The number of likely N-dealkylation sites (tertiary alicyclic amines) is 2. The molecule has 2 heterocycles. The van der Waals surface area contributed by atoms with Gasteiger partial charge in [-0.15, -0.1) is 0 Å². The van der Waals surface area contributed by atoms with Crippen LogP contribution in [0.2, 0.25) is 0 Å². The van der Waals surface area contributed by atoms with Crippen molar-refractivity contribution >= 4 is 11.8 Å². The van der Waals surface area contributed by atoms with Crippen LogP contribution in [0.5, 0.6) is 0 Å². The normalized spacial score (nSPS) is 29.2. The fraction of sp³-hybridized carbons (Fsp3) is 0.905. The van der Waals surface area contributed by atoms with Crippen molar-refractivity contribution in [1.29, 1.82) is 0 Å². The van der Waals surface area contributed by atoms with Gasteiger partial charge in [0.25, 0.3) is 0 Å². The number of nitrogens with one attached hydrogen (secondary N) is 1. The smallest absolute Gasteiger partial charge is 0.234 e. The molecule has 2 saturated heterocycles. The molecule has 2 unspecified atom stereocenters. The van der Waals surface area contributed by atoms with Gasteiger partial charge in [-0.2, -0.15) is 0 Å². The van der Waals surface area contributed by atoms with E-state index < -0.39 is 0 Å². The largest absolute Gasteiger partial charge is 0.352 e. The molecule has 2 amide bonds. The molecule has 148 valence electrons. The van der Waals surface area contributed by atoms with Crippen LogP contribution in [0, 0.1) is 11.8 Å². The Bertz CT molecular complexity index is 466. The van der Waals surface area contributed by atoms with Crippen molar-refractivity contribution in [3.05, 3.63) is 0 Å². The zero-order chi connectivity index (χ0) is 18.4. The summed E-state index contributed by atoms with van der Waals surface area (Å²) < 4.78 is 0. The molecule has 0 bridgehead atoms. The molecule has 3 aliphatic rings. The number of carbonyl (C=O) groups excluding carboxylic acids is 2. The predicted octanol–water partition coefficient (Wildman–Crippen LogP) is 2.80. The molecule has 1 aliphatic carbocycles. The lowest BCUT2D eigenvalue weighted by Crippen LogP contribution is -2.48. The van der Waals surface area contributed by atoms with Crippen LogP contribution in [-0.2, 0) is 9.59 Å². The Morgan fingerprint density at radius 3 is 2.15 bits per heavy atom. The highest BCUT2D eigenvalue weighted by Gasteiger charge is 2.30. The van der Waals surface area contributed by atoms with Gasteiger partial charge < -0.3 is 10.2 Å². The van der Waals surface area contributed by atoms with Crippen LogP contribution >= 0.6 is 0 Å². The number of hydrogen-bond donors (Lipinski definition) is 1. The molecule has 26 heavy (non-hydrogen) atoms. The van der Waals surface area contributed by atoms with Crippen LogP contribution in [0.1, 0.15) is 71.1 Å². The number of nitrogens with zero attached hydrogens (tertiary/aromatic N) is 2. The highest BCUT2D eigenvalue weighted by Crippen LogP contribution is 2.24. The third kappa shape index (κ3) is 5.45. The van der Waals surface area contributed by atoms with Crippen LogP contribution in [-0.4, -0.2) is 60.4 Å². The Morgan fingerprint density at radius 2 is 1.50 bits per heavy atom. The van der Waals surface area contributed by atoms with Crippen molar-refractivity contribution < 1.29 is 9.59 Å². The minimum absolute atomic E-state index is 0.168. The highest BCUT2D eigenvalue weighted by molar-refractivity contribution is 5.79. The van der Waals surface area contributed by atoms with Gasteiger partial charge >= 0.3 is 0 Å². The van der Waals surface area contributed by atoms with E-state index in [2.05, 4.69) is 22.0 Å². The van der Waals surface area contributed by atoms with Crippen LogP contribution in [0.4, 0.5) is 0 Å². The Morgan fingerprint density at radius 1 is 0.846 bits per heavy atom. The zero-order valence-corrected chi connectivity index (χ0v) is 16.5. The molecule has 0 aromatic heterocycles. The van der Waals surface area contributed by atoms with Crippen molar-refractivity contribution in [3.8, 4) is 0 Å². The number of amides is 2. The SMILES string of the molecule is CC1CCCCC1NC(=O)CN1CCC(C(=O)N2CCCCCC2)CC1. The number of carbonyl (C=O) groups is 2. The topological polar surface area (TPSA) is 52.7 Å². The molecule has 5 nitrogen and oxygen atoms in total. The van der Waals surface area contributed by atoms with Crippen molar-refractivity contribution in [1.82, 2.24) is 15.1 Å². The maximum Gasteiger partial charge on any atom is 0.234 e. The van der Waals surface area contributed by atoms with Crippen molar-refractivity contribution in [2.24, 2.45) is 11.8 Å². The van der Waals surface area contributed by atoms with E-state index in [1.165, 1.54) is 32.1 Å². The summed E-state index contributed by atoms with van der Waals surface area (Å²) in [6.45, 7) is 6.38. The number of hydrogen-bond acceptors (Lipinski definition) is 3. The molecule has 3 rings (SSSR count). The van der Waals surface area contributed by atoms with Gasteiger partial charge in [0.1, 0.15) is 0 Å². The van der Waals surface area contributed by atoms with E-state index in [0.29, 0.717) is 24.4 Å². The van der Waals surface area contributed by atoms with Crippen LogP contribution in [0.3, 0.4) is 0 Å².